The van der Waals surface area contributed by atoms with Gasteiger partial charge in [-0.15, -0.1) is 0 Å². The van der Waals surface area contributed by atoms with Crippen LogP contribution in [0.1, 0.15) is 29.2 Å². The minimum atomic E-state index is -1.44. The van der Waals surface area contributed by atoms with Gasteiger partial charge in [0.2, 0.25) is 5.95 Å². The number of amides is 1. The normalized spacial score (nSPS) is 20.7. The van der Waals surface area contributed by atoms with E-state index in [2.05, 4.69) is 53.7 Å². The molecule has 1 amide bonds. The smallest absolute Gasteiger partial charge is 0.275 e. The lowest BCUT2D eigenvalue weighted by molar-refractivity contribution is -0.00785. The van der Waals surface area contributed by atoms with Crippen molar-refractivity contribution in [2.45, 2.75) is 25.1 Å². The van der Waals surface area contributed by atoms with Crippen LogP contribution in [-0.2, 0) is 4.74 Å². The van der Waals surface area contributed by atoms with Gasteiger partial charge in [-0.3, -0.25) is 4.79 Å². The molecule has 4 heterocycles. The number of ether oxygens (including phenoxy) is 1. The lowest BCUT2D eigenvalue weighted by Gasteiger charge is -2.34. The van der Waals surface area contributed by atoms with Crippen molar-refractivity contribution in [3.05, 3.63) is 84.3 Å². The fraction of sp³-hybridized carbons (Fsp3) is 0.333. The molecule has 220 valence electrons. The van der Waals surface area contributed by atoms with Crippen molar-refractivity contribution in [3.63, 3.8) is 0 Å². The molecule has 12 nitrogen and oxygen atoms in total. The number of hydrogen-bond donors (Lipinski definition) is 2. The molecule has 0 saturated carbocycles. The van der Waals surface area contributed by atoms with Gasteiger partial charge in [0.15, 0.2) is 24.1 Å². The topological polar surface area (TPSA) is 145 Å². The largest absolute Gasteiger partial charge is 0.486 e. The first-order chi connectivity index (χ1) is 21.1. The number of rotatable bonds is 7. The Hall–Kier alpha value is -5.09. The summed E-state index contributed by atoms with van der Waals surface area (Å²) in [6, 6.07) is 10.3. The number of allylic oxidation sites excluding steroid dienone is 5. The predicted molar refractivity (Wildman–Crippen MR) is 156 cm³/mol. The van der Waals surface area contributed by atoms with Gasteiger partial charge in [-0.05, 0) is 42.8 Å². The number of nitrogens with zero attached hydrogens (tertiary/aromatic N) is 7. The number of carbonyl (C=O) groups is 1. The predicted octanol–water partition coefficient (Wildman–Crippen LogP) is 3.40. The standard InChI is InChI=1S/C30H30FN9O3/c31-24-16-40(29(41)25-17-42-19-36-25)11-8-27(24)43-26-3-1-2-20(14-21(26)15-32)28-34-18-35-30(38-28)37-22-4-6-23(7-5-22)39-12-9-33-10-13-39/h1,3-7,14,17-19,24,27,33H,2,8-13,16H2,(H,34,35,37,38)/t24?,27-/m0/s1. The number of piperazine rings is 1. The number of carbonyl (C=O) groups excluding carboxylic acids is 1. The molecule has 3 aromatic rings. The molecule has 0 bridgehead atoms. The van der Waals surface area contributed by atoms with Crippen LogP contribution in [0.5, 0.6) is 0 Å². The zero-order valence-corrected chi connectivity index (χ0v) is 23.3. The Balaban J connectivity index is 1.13. The van der Waals surface area contributed by atoms with E-state index >= 15 is 4.39 Å². The monoisotopic (exact) mass is 583 g/mol. The van der Waals surface area contributed by atoms with Crippen LogP contribution >= 0.6 is 0 Å². The number of alkyl halides is 1. The Bertz CT molecular complexity index is 1570. The number of benzene rings is 1. The second kappa shape index (κ2) is 12.8. The molecule has 2 N–H and O–H groups in total. The number of oxazole rings is 1. The minimum absolute atomic E-state index is 0.130. The second-order valence-electron chi connectivity index (χ2n) is 10.3. The maximum absolute atomic E-state index is 15.1. The van der Waals surface area contributed by atoms with Crippen LogP contribution in [0, 0.1) is 11.3 Å². The summed E-state index contributed by atoms with van der Waals surface area (Å²) in [5.74, 6) is 0.655. The van der Waals surface area contributed by atoms with Gasteiger partial charge in [0, 0.05) is 56.1 Å². The van der Waals surface area contributed by atoms with Crippen molar-refractivity contribution < 1.29 is 18.3 Å². The third-order valence-corrected chi connectivity index (χ3v) is 7.47. The summed E-state index contributed by atoms with van der Waals surface area (Å²) >= 11 is 0. The summed E-state index contributed by atoms with van der Waals surface area (Å²) in [6.45, 7) is 4.03. The van der Waals surface area contributed by atoms with Crippen LogP contribution in [0.4, 0.5) is 21.7 Å². The first-order valence-corrected chi connectivity index (χ1v) is 14.1. The van der Waals surface area contributed by atoms with E-state index in [-0.39, 0.29) is 36.5 Å². The summed E-state index contributed by atoms with van der Waals surface area (Å²) in [5.41, 5.74) is 3.06. The number of aromatic nitrogens is 4. The van der Waals surface area contributed by atoms with Gasteiger partial charge in [-0.25, -0.2) is 19.3 Å². The van der Waals surface area contributed by atoms with Crippen molar-refractivity contribution in [2.24, 2.45) is 0 Å². The van der Waals surface area contributed by atoms with Gasteiger partial charge in [0.1, 0.15) is 30.5 Å². The zero-order valence-electron chi connectivity index (χ0n) is 23.3. The van der Waals surface area contributed by atoms with Crippen molar-refractivity contribution >= 4 is 28.8 Å². The second-order valence-corrected chi connectivity index (χ2v) is 10.3. The fourth-order valence-electron chi connectivity index (χ4n) is 5.20. The van der Waals surface area contributed by atoms with Crippen LogP contribution < -0.4 is 15.5 Å². The van der Waals surface area contributed by atoms with E-state index in [4.69, 9.17) is 9.15 Å². The molecule has 2 aliphatic heterocycles. The number of anilines is 3. The molecular formula is C30H30FN9O3. The molecule has 0 radical (unpaired) electrons. The summed E-state index contributed by atoms with van der Waals surface area (Å²) in [6.07, 6.45) is 7.41. The fourth-order valence-corrected chi connectivity index (χ4v) is 5.20. The SMILES string of the molecule is N#CC1=C(O[C@H]2CCN(C(=O)c3cocn3)CC2F)C=CCC(c2ncnc(Nc3ccc(N4CCNCC4)cc3)n2)=C1. The van der Waals surface area contributed by atoms with E-state index in [1.54, 1.807) is 12.2 Å². The molecule has 1 unspecified atom stereocenters. The van der Waals surface area contributed by atoms with E-state index in [9.17, 15) is 10.1 Å². The van der Waals surface area contributed by atoms with E-state index in [1.807, 2.05) is 18.2 Å². The lowest BCUT2D eigenvalue weighted by atomic mass is 10.0. The van der Waals surface area contributed by atoms with E-state index in [0.717, 1.165) is 43.9 Å². The van der Waals surface area contributed by atoms with Gasteiger partial charge in [-0.2, -0.15) is 10.2 Å². The third kappa shape index (κ3) is 6.54. The Morgan fingerprint density at radius 2 is 2.00 bits per heavy atom. The zero-order chi connectivity index (χ0) is 29.6. The van der Waals surface area contributed by atoms with Crippen molar-refractivity contribution in [1.82, 2.24) is 30.2 Å². The van der Waals surface area contributed by atoms with E-state index in [0.29, 0.717) is 23.8 Å². The Morgan fingerprint density at radius 1 is 1.16 bits per heavy atom. The molecular weight excluding hydrogens is 553 g/mol. The van der Waals surface area contributed by atoms with Gasteiger partial charge in [0.25, 0.3) is 5.91 Å². The molecule has 1 aromatic carbocycles. The highest BCUT2D eigenvalue weighted by Gasteiger charge is 2.34. The maximum atomic E-state index is 15.1. The molecule has 2 atom stereocenters. The molecule has 43 heavy (non-hydrogen) atoms. The highest BCUT2D eigenvalue weighted by molar-refractivity contribution is 5.92. The Morgan fingerprint density at radius 3 is 2.74 bits per heavy atom. The maximum Gasteiger partial charge on any atom is 0.275 e. The van der Waals surface area contributed by atoms with Gasteiger partial charge in [0.05, 0.1) is 12.1 Å². The van der Waals surface area contributed by atoms with Crippen molar-refractivity contribution in [2.75, 3.05) is 49.5 Å². The first kappa shape index (κ1) is 28.0. The summed E-state index contributed by atoms with van der Waals surface area (Å²) in [7, 11) is 0. The highest BCUT2D eigenvalue weighted by Crippen LogP contribution is 2.28. The van der Waals surface area contributed by atoms with E-state index < -0.39 is 18.2 Å². The number of hydrogen-bond acceptors (Lipinski definition) is 11. The average Bonchev–Trinajstić information content (AvgIpc) is 3.51. The molecule has 3 aliphatic rings. The first-order valence-electron chi connectivity index (χ1n) is 14.1. The van der Waals surface area contributed by atoms with E-state index in [1.165, 1.54) is 17.5 Å². The van der Waals surface area contributed by atoms with Crippen LogP contribution in [-0.4, -0.2) is 82.3 Å². The molecule has 0 spiro atoms. The molecule has 1 aliphatic carbocycles. The van der Waals surface area contributed by atoms with Crippen LogP contribution in [0.3, 0.4) is 0 Å². The number of likely N-dealkylation sites (tertiary alicyclic amines) is 1. The number of nitrogens with one attached hydrogen (secondary N) is 2. The Kier molecular flexibility index (Phi) is 8.37. The number of halogens is 1. The Labute approximate surface area is 247 Å². The van der Waals surface area contributed by atoms with Gasteiger partial charge >= 0.3 is 0 Å². The summed E-state index contributed by atoms with van der Waals surface area (Å²) < 4.78 is 26.0. The van der Waals surface area contributed by atoms with Crippen LogP contribution in [0.2, 0.25) is 0 Å². The molecule has 2 fully saturated rings. The summed E-state index contributed by atoms with van der Waals surface area (Å²) in [4.78, 5) is 33.3. The van der Waals surface area contributed by atoms with Crippen molar-refractivity contribution in [3.8, 4) is 6.07 Å². The average molecular weight is 584 g/mol. The highest BCUT2D eigenvalue weighted by atomic mass is 19.1. The molecule has 13 heteroatoms. The molecule has 2 saturated heterocycles. The van der Waals surface area contributed by atoms with Crippen LogP contribution in [0.25, 0.3) is 5.57 Å². The molecule has 2 aromatic heterocycles. The number of piperidine rings is 1. The van der Waals surface area contributed by atoms with Crippen molar-refractivity contribution in [1.29, 1.82) is 5.26 Å². The van der Waals surface area contributed by atoms with Crippen LogP contribution in [0.15, 0.2) is 77.2 Å². The van der Waals surface area contributed by atoms with Gasteiger partial charge in [-0.1, -0.05) is 6.08 Å². The number of nitriles is 1. The quantitative estimate of drug-likeness (QED) is 0.422. The molecule has 6 rings (SSSR count). The lowest BCUT2D eigenvalue weighted by Crippen LogP contribution is -2.48. The van der Waals surface area contributed by atoms with Gasteiger partial charge < -0.3 is 29.6 Å². The summed E-state index contributed by atoms with van der Waals surface area (Å²) in [5, 5.41) is 16.5. The minimum Gasteiger partial charge on any atom is -0.486 e. The third-order valence-electron chi connectivity index (χ3n) is 7.47.